The molecule has 3 rings (SSSR count). The van der Waals surface area contributed by atoms with Gasteiger partial charge in [0, 0.05) is 10.2 Å². The van der Waals surface area contributed by atoms with E-state index in [0.717, 1.165) is 21.1 Å². The number of hydrogen-bond donors (Lipinski definition) is 1. The SMILES string of the molecule is COc1ccc(NC(=O)COc2ncnc3ccc(Br)cc23)cc1. The molecule has 0 saturated heterocycles. The highest BCUT2D eigenvalue weighted by Gasteiger charge is 2.09. The van der Waals surface area contributed by atoms with Crippen molar-refractivity contribution in [3.8, 4) is 11.6 Å². The third-order valence-electron chi connectivity index (χ3n) is 3.27. The summed E-state index contributed by atoms with van der Waals surface area (Å²) in [7, 11) is 1.59. The van der Waals surface area contributed by atoms with Crippen molar-refractivity contribution < 1.29 is 14.3 Å². The standard InChI is InChI=1S/C17H14BrN3O3/c1-23-13-5-3-12(4-6-13)21-16(22)9-24-17-14-8-11(18)2-7-15(14)19-10-20-17/h2-8,10H,9H2,1H3,(H,21,22). The molecule has 0 aliphatic carbocycles. The van der Waals surface area contributed by atoms with E-state index < -0.39 is 0 Å². The van der Waals surface area contributed by atoms with Gasteiger partial charge < -0.3 is 14.8 Å². The zero-order valence-corrected chi connectivity index (χ0v) is 14.4. The molecule has 1 N–H and O–H groups in total. The summed E-state index contributed by atoms with van der Waals surface area (Å²) in [6.07, 6.45) is 1.41. The minimum atomic E-state index is -0.276. The highest BCUT2D eigenvalue weighted by molar-refractivity contribution is 9.10. The number of fused-ring (bicyclic) bond motifs is 1. The van der Waals surface area contributed by atoms with E-state index >= 15 is 0 Å². The van der Waals surface area contributed by atoms with Crippen molar-refractivity contribution in [1.82, 2.24) is 9.97 Å². The number of benzene rings is 2. The van der Waals surface area contributed by atoms with Crippen LogP contribution in [-0.2, 0) is 4.79 Å². The van der Waals surface area contributed by atoms with Gasteiger partial charge in [0.15, 0.2) is 6.61 Å². The van der Waals surface area contributed by atoms with E-state index in [-0.39, 0.29) is 12.5 Å². The molecule has 1 amide bonds. The van der Waals surface area contributed by atoms with E-state index in [1.807, 2.05) is 18.2 Å². The molecule has 1 aromatic heterocycles. The maximum atomic E-state index is 12.0. The van der Waals surface area contributed by atoms with E-state index in [9.17, 15) is 4.79 Å². The molecular formula is C17H14BrN3O3. The Morgan fingerprint density at radius 1 is 1.17 bits per heavy atom. The third kappa shape index (κ3) is 3.80. The monoisotopic (exact) mass is 387 g/mol. The maximum absolute atomic E-state index is 12.0. The number of carbonyl (C=O) groups is 1. The highest BCUT2D eigenvalue weighted by Crippen LogP contribution is 2.24. The molecule has 0 saturated carbocycles. The highest BCUT2D eigenvalue weighted by atomic mass is 79.9. The Morgan fingerprint density at radius 2 is 1.96 bits per heavy atom. The number of hydrogen-bond acceptors (Lipinski definition) is 5. The van der Waals surface area contributed by atoms with Gasteiger partial charge in [0.05, 0.1) is 18.0 Å². The molecule has 7 heteroatoms. The number of rotatable bonds is 5. The lowest BCUT2D eigenvalue weighted by molar-refractivity contribution is -0.118. The number of methoxy groups -OCH3 is 1. The van der Waals surface area contributed by atoms with Crippen LogP contribution in [0.1, 0.15) is 0 Å². The molecule has 6 nitrogen and oxygen atoms in total. The first-order valence-electron chi connectivity index (χ1n) is 7.12. The molecule has 0 radical (unpaired) electrons. The fraction of sp³-hybridized carbons (Fsp3) is 0.118. The molecule has 2 aromatic carbocycles. The zero-order chi connectivity index (χ0) is 16.9. The Bertz CT molecular complexity index is 869. The van der Waals surface area contributed by atoms with E-state index in [0.29, 0.717) is 11.6 Å². The first-order valence-corrected chi connectivity index (χ1v) is 7.92. The van der Waals surface area contributed by atoms with Crippen molar-refractivity contribution in [2.75, 3.05) is 19.0 Å². The molecule has 0 atom stereocenters. The molecule has 24 heavy (non-hydrogen) atoms. The molecule has 0 spiro atoms. The smallest absolute Gasteiger partial charge is 0.262 e. The van der Waals surface area contributed by atoms with Gasteiger partial charge in [-0.05, 0) is 42.5 Å². The molecular weight excluding hydrogens is 374 g/mol. The second-order valence-corrected chi connectivity index (χ2v) is 5.82. The van der Waals surface area contributed by atoms with Gasteiger partial charge in [-0.1, -0.05) is 15.9 Å². The van der Waals surface area contributed by atoms with E-state index in [4.69, 9.17) is 9.47 Å². The van der Waals surface area contributed by atoms with Crippen LogP contribution in [0.3, 0.4) is 0 Å². The summed E-state index contributed by atoms with van der Waals surface area (Å²) < 4.78 is 11.5. The van der Waals surface area contributed by atoms with Gasteiger partial charge in [-0.25, -0.2) is 9.97 Å². The van der Waals surface area contributed by atoms with Crippen LogP contribution >= 0.6 is 15.9 Å². The fourth-order valence-electron chi connectivity index (χ4n) is 2.13. The van der Waals surface area contributed by atoms with Crippen molar-refractivity contribution in [3.63, 3.8) is 0 Å². The lowest BCUT2D eigenvalue weighted by Crippen LogP contribution is -2.20. The number of amides is 1. The average molecular weight is 388 g/mol. The van der Waals surface area contributed by atoms with Crippen LogP contribution in [0.25, 0.3) is 10.9 Å². The molecule has 0 bridgehead atoms. The number of anilines is 1. The largest absolute Gasteiger partial charge is 0.497 e. The molecule has 1 heterocycles. The van der Waals surface area contributed by atoms with Gasteiger partial charge in [-0.3, -0.25) is 4.79 Å². The summed E-state index contributed by atoms with van der Waals surface area (Å²) >= 11 is 3.40. The quantitative estimate of drug-likeness (QED) is 0.725. The van der Waals surface area contributed by atoms with Gasteiger partial charge in [0.1, 0.15) is 12.1 Å². The van der Waals surface area contributed by atoms with Gasteiger partial charge in [0.25, 0.3) is 5.91 Å². The number of nitrogens with one attached hydrogen (secondary N) is 1. The van der Waals surface area contributed by atoms with Crippen molar-refractivity contribution in [2.24, 2.45) is 0 Å². The Balaban J connectivity index is 1.66. The predicted molar refractivity (Wildman–Crippen MR) is 94.4 cm³/mol. The summed E-state index contributed by atoms with van der Waals surface area (Å²) in [6, 6.07) is 12.6. The Hall–Kier alpha value is -2.67. The summed E-state index contributed by atoms with van der Waals surface area (Å²) in [5.41, 5.74) is 1.42. The van der Waals surface area contributed by atoms with Crippen LogP contribution in [0.5, 0.6) is 11.6 Å². The van der Waals surface area contributed by atoms with Gasteiger partial charge >= 0.3 is 0 Å². The van der Waals surface area contributed by atoms with Crippen LogP contribution in [0.4, 0.5) is 5.69 Å². The predicted octanol–water partition coefficient (Wildman–Crippen LogP) is 3.42. The molecule has 0 aliphatic heterocycles. The van der Waals surface area contributed by atoms with Crippen LogP contribution in [-0.4, -0.2) is 29.6 Å². The van der Waals surface area contributed by atoms with E-state index in [2.05, 4.69) is 31.2 Å². The van der Waals surface area contributed by atoms with Gasteiger partial charge in [-0.15, -0.1) is 0 Å². The number of halogens is 1. The Kier molecular flexibility index (Phi) is 4.90. The molecule has 0 fully saturated rings. The molecule has 0 unspecified atom stereocenters. The normalized spacial score (nSPS) is 10.4. The minimum absolute atomic E-state index is 0.148. The van der Waals surface area contributed by atoms with Crippen LogP contribution in [0.15, 0.2) is 53.3 Å². The number of nitrogens with zero attached hydrogens (tertiary/aromatic N) is 2. The summed E-state index contributed by atoms with van der Waals surface area (Å²) in [6.45, 7) is -0.148. The number of carbonyl (C=O) groups excluding carboxylic acids is 1. The summed E-state index contributed by atoms with van der Waals surface area (Å²) in [5.74, 6) is 0.815. The topological polar surface area (TPSA) is 73.3 Å². The van der Waals surface area contributed by atoms with Crippen molar-refractivity contribution >= 4 is 38.4 Å². The lowest BCUT2D eigenvalue weighted by Gasteiger charge is -2.09. The Morgan fingerprint density at radius 3 is 2.71 bits per heavy atom. The van der Waals surface area contributed by atoms with Crippen molar-refractivity contribution in [2.45, 2.75) is 0 Å². The van der Waals surface area contributed by atoms with Crippen molar-refractivity contribution in [3.05, 3.63) is 53.3 Å². The average Bonchev–Trinajstić information content (AvgIpc) is 2.60. The van der Waals surface area contributed by atoms with Gasteiger partial charge in [-0.2, -0.15) is 0 Å². The molecule has 122 valence electrons. The van der Waals surface area contributed by atoms with Crippen LogP contribution in [0.2, 0.25) is 0 Å². The van der Waals surface area contributed by atoms with Gasteiger partial charge in [0.2, 0.25) is 5.88 Å². The lowest BCUT2D eigenvalue weighted by atomic mass is 10.2. The third-order valence-corrected chi connectivity index (χ3v) is 3.77. The van der Waals surface area contributed by atoms with E-state index in [1.54, 1.807) is 31.4 Å². The molecule has 3 aromatic rings. The first kappa shape index (κ1) is 16.2. The zero-order valence-electron chi connectivity index (χ0n) is 12.8. The van der Waals surface area contributed by atoms with Crippen molar-refractivity contribution in [1.29, 1.82) is 0 Å². The van der Waals surface area contributed by atoms with Crippen LogP contribution in [0, 0.1) is 0 Å². The second-order valence-electron chi connectivity index (χ2n) is 4.91. The second kappa shape index (κ2) is 7.27. The number of ether oxygens (including phenoxy) is 2. The van der Waals surface area contributed by atoms with E-state index in [1.165, 1.54) is 6.33 Å². The maximum Gasteiger partial charge on any atom is 0.262 e. The minimum Gasteiger partial charge on any atom is -0.497 e. The summed E-state index contributed by atoms with van der Waals surface area (Å²) in [4.78, 5) is 20.3. The first-order chi connectivity index (χ1) is 11.7. The molecule has 0 aliphatic rings. The fourth-order valence-corrected chi connectivity index (χ4v) is 2.49. The van der Waals surface area contributed by atoms with Crippen LogP contribution < -0.4 is 14.8 Å². The summed E-state index contributed by atoms with van der Waals surface area (Å²) in [5, 5.41) is 3.49. The Labute approximate surface area is 147 Å². The number of aromatic nitrogens is 2.